The predicted molar refractivity (Wildman–Crippen MR) is 103 cm³/mol. The Balaban J connectivity index is 1.21. The van der Waals surface area contributed by atoms with Crippen LogP contribution in [0.5, 0.6) is 0 Å². The highest BCUT2D eigenvalue weighted by molar-refractivity contribution is 7.20. The fourth-order valence-electron chi connectivity index (χ4n) is 3.86. The molecule has 0 unspecified atom stereocenters. The average molecular weight is 388 g/mol. The van der Waals surface area contributed by atoms with Crippen molar-refractivity contribution in [3.63, 3.8) is 0 Å². The number of aromatic nitrogens is 2. The van der Waals surface area contributed by atoms with Crippen molar-refractivity contribution >= 4 is 33.6 Å². The molecule has 3 heterocycles. The number of amides is 2. The summed E-state index contributed by atoms with van der Waals surface area (Å²) in [7, 11) is 0. The molecule has 3 atom stereocenters. The summed E-state index contributed by atoms with van der Waals surface area (Å²) in [6, 6.07) is 1.81. The number of rotatable bonds is 4. The normalized spacial score (nSPS) is 24.0. The molecule has 0 spiro atoms. The molecule has 8 heteroatoms. The van der Waals surface area contributed by atoms with E-state index in [9.17, 15) is 9.59 Å². The molecule has 2 amide bonds. The fraction of sp³-hybridized carbons (Fsp3) is 0.579. The summed E-state index contributed by atoms with van der Waals surface area (Å²) >= 11 is 1.36. The summed E-state index contributed by atoms with van der Waals surface area (Å²) < 4.78 is 6.35. The number of thiazole rings is 1. The Morgan fingerprint density at radius 2 is 2.07 bits per heavy atom. The van der Waals surface area contributed by atoms with E-state index in [-0.39, 0.29) is 12.0 Å². The van der Waals surface area contributed by atoms with Gasteiger partial charge in [-0.2, -0.15) is 0 Å². The van der Waals surface area contributed by atoms with Crippen LogP contribution in [0.25, 0.3) is 10.2 Å². The van der Waals surface area contributed by atoms with Gasteiger partial charge in [0.1, 0.15) is 5.60 Å². The number of fused-ring (bicyclic) bond motifs is 2. The number of likely N-dealkylation sites (tertiary alicyclic amines) is 1. The van der Waals surface area contributed by atoms with Crippen LogP contribution >= 0.6 is 11.3 Å². The van der Waals surface area contributed by atoms with Crippen LogP contribution < -0.4 is 5.32 Å². The Hall–Kier alpha value is -2.22. The van der Waals surface area contributed by atoms with Gasteiger partial charge in [0.2, 0.25) is 0 Å². The Morgan fingerprint density at radius 1 is 1.33 bits per heavy atom. The molecule has 0 radical (unpaired) electrons. The average Bonchev–Trinajstić information content (AvgIpc) is 3.00. The molecule has 2 aromatic heterocycles. The second-order valence-corrected chi connectivity index (χ2v) is 9.31. The SMILES string of the molecule is CC(C)(C)OC(=O)N1C[C@@H]2[C@@H](CCNC(=O)c3nc4ccncc4s3)[C@@H]2C1. The molecular formula is C19H24N4O3S. The van der Waals surface area contributed by atoms with Crippen LogP contribution in [-0.2, 0) is 4.74 Å². The molecule has 1 aliphatic heterocycles. The molecule has 2 aromatic rings. The van der Waals surface area contributed by atoms with Gasteiger partial charge in [-0.3, -0.25) is 9.78 Å². The van der Waals surface area contributed by atoms with Crippen LogP contribution in [-0.4, -0.2) is 52.1 Å². The lowest BCUT2D eigenvalue weighted by Crippen LogP contribution is -2.37. The van der Waals surface area contributed by atoms with E-state index < -0.39 is 5.60 Å². The minimum atomic E-state index is -0.454. The highest BCUT2D eigenvalue weighted by atomic mass is 32.1. The van der Waals surface area contributed by atoms with Gasteiger partial charge in [0.15, 0.2) is 5.01 Å². The summed E-state index contributed by atoms with van der Waals surface area (Å²) in [5, 5.41) is 3.45. The predicted octanol–water partition coefficient (Wildman–Crippen LogP) is 2.92. The van der Waals surface area contributed by atoms with Crippen molar-refractivity contribution in [2.45, 2.75) is 32.8 Å². The summed E-state index contributed by atoms with van der Waals surface area (Å²) in [4.78, 5) is 34.6. The van der Waals surface area contributed by atoms with E-state index in [1.807, 2.05) is 31.7 Å². The van der Waals surface area contributed by atoms with Gasteiger partial charge >= 0.3 is 6.09 Å². The monoisotopic (exact) mass is 388 g/mol. The minimum absolute atomic E-state index is 0.127. The third-order valence-corrected chi connectivity index (χ3v) is 6.18. The zero-order valence-electron chi connectivity index (χ0n) is 15.8. The first-order valence-electron chi connectivity index (χ1n) is 9.28. The van der Waals surface area contributed by atoms with Gasteiger partial charge in [-0.25, -0.2) is 9.78 Å². The number of carbonyl (C=O) groups excluding carboxylic acids is 2. The lowest BCUT2D eigenvalue weighted by Gasteiger charge is -2.25. The smallest absolute Gasteiger partial charge is 0.410 e. The third-order valence-electron chi connectivity index (χ3n) is 5.17. The molecule has 1 aliphatic carbocycles. The van der Waals surface area contributed by atoms with Crippen molar-refractivity contribution in [1.29, 1.82) is 0 Å². The van der Waals surface area contributed by atoms with Crippen LogP contribution in [0.1, 0.15) is 37.0 Å². The first kappa shape index (κ1) is 18.2. The maximum Gasteiger partial charge on any atom is 0.410 e. The second kappa shape index (κ2) is 6.74. The molecule has 1 saturated heterocycles. The quantitative estimate of drug-likeness (QED) is 0.871. The molecule has 0 bridgehead atoms. The number of hydrogen-bond donors (Lipinski definition) is 1. The molecule has 2 aliphatic rings. The van der Waals surface area contributed by atoms with Gasteiger partial charge in [-0.1, -0.05) is 0 Å². The maximum absolute atomic E-state index is 12.3. The van der Waals surface area contributed by atoms with Crippen molar-refractivity contribution in [3.8, 4) is 0 Å². The van der Waals surface area contributed by atoms with Crippen molar-refractivity contribution < 1.29 is 14.3 Å². The highest BCUT2D eigenvalue weighted by Gasteiger charge is 2.56. The zero-order chi connectivity index (χ0) is 19.2. The first-order valence-corrected chi connectivity index (χ1v) is 10.1. The summed E-state index contributed by atoms with van der Waals surface area (Å²) in [6.07, 6.45) is 4.13. The van der Waals surface area contributed by atoms with E-state index in [0.29, 0.717) is 29.3 Å². The van der Waals surface area contributed by atoms with Crippen LogP contribution in [0.15, 0.2) is 18.5 Å². The van der Waals surface area contributed by atoms with E-state index in [1.165, 1.54) is 11.3 Å². The van der Waals surface area contributed by atoms with Crippen molar-refractivity contribution in [3.05, 3.63) is 23.5 Å². The van der Waals surface area contributed by atoms with Gasteiger partial charge < -0.3 is 15.0 Å². The fourth-order valence-corrected chi connectivity index (χ4v) is 4.71. The van der Waals surface area contributed by atoms with Gasteiger partial charge in [0, 0.05) is 32.0 Å². The number of nitrogens with one attached hydrogen (secondary N) is 1. The number of pyridine rings is 1. The molecule has 1 N–H and O–H groups in total. The van der Waals surface area contributed by atoms with Crippen molar-refractivity contribution in [1.82, 2.24) is 20.2 Å². The Labute approximate surface area is 162 Å². The molecule has 2 fully saturated rings. The van der Waals surface area contributed by atoms with Gasteiger partial charge in [0.05, 0.1) is 10.2 Å². The first-order chi connectivity index (χ1) is 12.8. The van der Waals surface area contributed by atoms with E-state index in [0.717, 1.165) is 29.7 Å². The minimum Gasteiger partial charge on any atom is -0.444 e. The third kappa shape index (κ3) is 3.90. The standard InChI is InChI=1S/C19H24N4O3S/c1-19(2,3)26-18(25)23-9-12-11(13(12)10-23)4-7-21-16(24)17-22-14-5-6-20-8-15(14)27-17/h5-6,8,11-13H,4,7,9-10H2,1-3H3,(H,21,24)/t11-,12-,13+. The lowest BCUT2D eigenvalue weighted by molar-refractivity contribution is 0.0265. The van der Waals surface area contributed by atoms with E-state index in [4.69, 9.17) is 4.74 Å². The molecule has 27 heavy (non-hydrogen) atoms. The van der Waals surface area contributed by atoms with Crippen LogP contribution in [0.2, 0.25) is 0 Å². The highest BCUT2D eigenvalue weighted by Crippen LogP contribution is 2.53. The Bertz CT molecular complexity index is 830. The van der Waals surface area contributed by atoms with E-state index in [1.54, 1.807) is 12.4 Å². The maximum atomic E-state index is 12.3. The van der Waals surface area contributed by atoms with Crippen LogP contribution in [0, 0.1) is 17.8 Å². The molecule has 0 aromatic carbocycles. The van der Waals surface area contributed by atoms with E-state index in [2.05, 4.69) is 15.3 Å². The second-order valence-electron chi connectivity index (χ2n) is 8.28. The summed E-state index contributed by atoms with van der Waals surface area (Å²) in [5.41, 5.74) is 0.351. The molecule has 4 rings (SSSR count). The number of piperidine rings is 1. The number of hydrogen-bond acceptors (Lipinski definition) is 6. The van der Waals surface area contributed by atoms with Gasteiger partial charge in [0.25, 0.3) is 5.91 Å². The largest absolute Gasteiger partial charge is 0.444 e. The van der Waals surface area contributed by atoms with Crippen LogP contribution in [0.4, 0.5) is 4.79 Å². The summed E-state index contributed by atoms with van der Waals surface area (Å²) in [5.74, 6) is 1.55. The number of carbonyl (C=O) groups is 2. The molecule has 144 valence electrons. The van der Waals surface area contributed by atoms with Crippen molar-refractivity contribution in [2.75, 3.05) is 19.6 Å². The lowest BCUT2D eigenvalue weighted by atomic mass is 10.2. The number of ether oxygens (including phenoxy) is 1. The van der Waals surface area contributed by atoms with Gasteiger partial charge in [-0.15, -0.1) is 11.3 Å². The molecule has 1 saturated carbocycles. The Morgan fingerprint density at radius 3 is 2.74 bits per heavy atom. The Kier molecular flexibility index (Phi) is 4.53. The van der Waals surface area contributed by atoms with Gasteiger partial charge in [-0.05, 0) is 51.0 Å². The molecular weight excluding hydrogens is 364 g/mol. The van der Waals surface area contributed by atoms with Crippen LogP contribution in [0.3, 0.4) is 0 Å². The van der Waals surface area contributed by atoms with Crippen molar-refractivity contribution in [2.24, 2.45) is 17.8 Å². The zero-order valence-corrected chi connectivity index (χ0v) is 16.6. The number of nitrogens with zero attached hydrogens (tertiary/aromatic N) is 3. The van der Waals surface area contributed by atoms with E-state index >= 15 is 0 Å². The summed E-state index contributed by atoms with van der Waals surface area (Å²) in [6.45, 7) is 7.82. The molecule has 7 nitrogen and oxygen atoms in total. The topological polar surface area (TPSA) is 84.4 Å².